The van der Waals surface area contributed by atoms with Crippen LogP contribution in [0.15, 0.2) is 30.3 Å². The molecule has 7 nitrogen and oxygen atoms in total. The number of nitro benzene ring substituents is 1. The number of carbonyl (C=O) groups is 1. The number of hydrogen-bond donors (Lipinski definition) is 1. The third-order valence-corrected chi connectivity index (χ3v) is 4.10. The van der Waals surface area contributed by atoms with Crippen molar-refractivity contribution < 1.29 is 19.6 Å². The zero-order valence-corrected chi connectivity index (χ0v) is 13.5. The Morgan fingerprint density at radius 3 is 2.54 bits per heavy atom. The molecule has 0 radical (unpaired) electrons. The summed E-state index contributed by atoms with van der Waals surface area (Å²) in [5.74, 6) is -0.454. The molecule has 1 heterocycles. The fourth-order valence-electron chi connectivity index (χ4n) is 2.38. The molecule has 1 aliphatic rings. The molecule has 124 valence electrons. The van der Waals surface area contributed by atoms with Gasteiger partial charge in [0.15, 0.2) is 5.75 Å². The lowest BCUT2D eigenvalue weighted by molar-refractivity contribution is -0.384. The summed E-state index contributed by atoms with van der Waals surface area (Å²) in [4.78, 5) is 24.5. The van der Waals surface area contributed by atoms with Gasteiger partial charge in [0, 0.05) is 11.6 Å². The number of halogens is 2. The van der Waals surface area contributed by atoms with Crippen LogP contribution in [0.1, 0.15) is 10.4 Å². The number of ether oxygens (including phenoxy) is 1. The van der Waals surface area contributed by atoms with Crippen LogP contribution in [0.2, 0.25) is 10.0 Å². The second kappa shape index (κ2) is 6.18. The lowest BCUT2D eigenvalue weighted by Gasteiger charge is -2.29. The maximum absolute atomic E-state index is 12.7. The van der Waals surface area contributed by atoms with E-state index in [-0.39, 0.29) is 45.9 Å². The number of nitrogens with zero attached hydrogens (tertiary/aromatic N) is 2. The van der Waals surface area contributed by atoms with E-state index >= 15 is 0 Å². The highest BCUT2D eigenvalue weighted by Gasteiger charge is 2.27. The van der Waals surface area contributed by atoms with Crippen molar-refractivity contribution in [3.05, 3.63) is 56.1 Å². The number of amides is 1. The first-order chi connectivity index (χ1) is 11.4. The summed E-state index contributed by atoms with van der Waals surface area (Å²) in [6.45, 7) is 0.458. The second-order valence-corrected chi connectivity index (χ2v) is 5.82. The SMILES string of the molecule is O=C(c1cc(Cl)c(O)c(Cl)c1)N1CCOc2cc([N+](=O)[O-])ccc21. The standard InChI is InChI=1S/C15H10Cl2N2O5/c16-10-5-8(6-11(17)14(10)20)15(21)18-3-4-24-13-7-9(19(22)23)1-2-12(13)18/h1-2,5-7,20H,3-4H2. The number of aromatic hydroxyl groups is 1. The molecule has 0 aliphatic carbocycles. The maximum atomic E-state index is 12.7. The van der Waals surface area contributed by atoms with Gasteiger partial charge < -0.3 is 14.7 Å². The van der Waals surface area contributed by atoms with E-state index in [9.17, 15) is 20.0 Å². The van der Waals surface area contributed by atoms with Gasteiger partial charge in [0.05, 0.1) is 33.3 Å². The zero-order chi connectivity index (χ0) is 17.4. The Bertz CT molecular complexity index is 833. The van der Waals surface area contributed by atoms with E-state index in [4.69, 9.17) is 27.9 Å². The number of benzene rings is 2. The van der Waals surface area contributed by atoms with Crippen LogP contribution in [-0.2, 0) is 0 Å². The molecule has 2 aromatic carbocycles. The van der Waals surface area contributed by atoms with Gasteiger partial charge in [-0.25, -0.2) is 0 Å². The summed E-state index contributed by atoms with van der Waals surface area (Å²) in [6.07, 6.45) is 0. The van der Waals surface area contributed by atoms with E-state index in [1.165, 1.54) is 35.2 Å². The fraction of sp³-hybridized carbons (Fsp3) is 0.133. The van der Waals surface area contributed by atoms with Crippen LogP contribution in [0.4, 0.5) is 11.4 Å². The molecule has 1 N–H and O–H groups in total. The predicted octanol–water partition coefficient (Wildman–Crippen LogP) is 3.65. The largest absolute Gasteiger partial charge is 0.505 e. The lowest BCUT2D eigenvalue weighted by atomic mass is 10.1. The van der Waals surface area contributed by atoms with E-state index in [1.54, 1.807) is 0 Å². The summed E-state index contributed by atoms with van der Waals surface area (Å²) in [5.41, 5.74) is 0.477. The summed E-state index contributed by atoms with van der Waals surface area (Å²) < 4.78 is 5.41. The number of nitro groups is 1. The number of hydrogen-bond acceptors (Lipinski definition) is 5. The highest BCUT2D eigenvalue weighted by atomic mass is 35.5. The average Bonchev–Trinajstić information content (AvgIpc) is 2.57. The Hall–Kier alpha value is -2.51. The molecule has 0 bridgehead atoms. The molecule has 24 heavy (non-hydrogen) atoms. The first kappa shape index (κ1) is 16.4. The molecule has 0 spiro atoms. The highest BCUT2D eigenvalue weighted by molar-refractivity contribution is 6.37. The third kappa shape index (κ3) is 2.83. The number of phenolic OH excluding ortho intramolecular Hbond substituents is 1. The minimum atomic E-state index is -0.538. The smallest absolute Gasteiger partial charge is 0.273 e. The molecule has 9 heteroatoms. The molecular weight excluding hydrogens is 359 g/mol. The van der Waals surface area contributed by atoms with Crippen molar-refractivity contribution in [2.75, 3.05) is 18.1 Å². The third-order valence-electron chi connectivity index (χ3n) is 3.53. The zero-order valence-electron chi connectivity index (χ0n) is 12.0. The Balaban J connectivity index is 2.00. The van der Waals surface area contributed by atoms with Crippen LogP contribution in [0, 0.1) is 10.1 Å². The average molecular weight is 369 g/mol. The molecule has 0 aromatic heterocycles. The van der Waals surface area contributed by atoms with Crippen molar-refractivity contribution in [1.29, 1.82) is 0 Å². The summed E-state index contributed by atoms with van der Waals surface area (Å²) >= 11 is 11.7. The number of phenols is 1. The van der Waals surface area contributed by atoms with Crippen LogP contribution in [-0.4, -0.2) is 29.1 Å². The van der Waals surface area contributed by atoms with Gasteiger partial charge in [-0.3, -0.25) is 14.9 Å². The number of anilines is 1. The van der Waals surface area contributed by atoms with Crippen LogP contribution in [0.3, 0.4) is 0 Å². The van der Waals surface area contributed by atoms with E-state index in [1.807, 2.05) is 0 Å². The molecule has 1 aliphatic heterocycles. The van der Waals surface area contributed by atoms with Crippen LogP contribution in [0.5, 0.6) is 11.5 Å². The number of non-ortho nitro benzene ring substituents is 1. The van der Waals surface area contributed by atoms with Gasteiger partial charge in [0.2, 0.25) is 0 Å². The van der Waals surface area contributed by atoms with Crippen LogP contribution >= 0.6 is 23.2 Å². The Kier molecular flexibility index (Phi) is 4.21. The Morgan fingerprint density at radius 1 is 1.25 bits per heavy atom. The van der Waals surface area contributed by atoms with Gasteiger partial charge >= 0.3 is 0 Å². The van der Waals surface area contributed by atoms with E-state index < -0.39 is 10.8 Å². The van der Waals surface area contributed by atoms with Gasteiger partial charge in [0.1, 0.15) is 12.4 Å². The molecule has 1 amide bonds. The first-order valence-electron chi connectivity index (χ1n) is 6.79. The van der Waals surface area contributed by atoms with Crippen molar-refractivity contribution in [3.8, 4) is 11.5 Å². The van der Waals surface area contributed by atoms with E-state index in [2.05, 4.69) is 0 Å². The van der Waals surface area contributed by atoms with E-state index in [0.29, 0.717) is 5.69 Å². The molecule has 0 fully saturated rings. The van der Waals surface area contributed by atoms with Crippen molar-refractivity contribution in [2.24, 2.45) is 0 Å². The van der Waals surface area contributed by atoms with Crippen LogP contribution < -0.4 is 9.64 Å². The molecule has 0 saturated carbocycles. The van der Waals surface area contributed by atoms with Gasteiger partial charge in [-0.05, 0) is 18.2 Å². The minimum Gasteiger partial charge on any atom is -0.505 e. The normalized spacial score (nSPS) is 13.2. The summed E-state index contributed by atoms with van der Waals surface area (Å²) in [6, 6.07) is 6.64. The first-order valence-corrected chi connectivity index (χ1v) is 7.55. The summed E-state index contributed by atoms with van der Waals surface area (Å²) in [5, 5.41) is 20.4. The molecule has 0 saturated heterocycles. The van der Waals surface area contributed by atoms with E-state index in [0.717, 1.165) is 0 Å². The topological polar surface area (TPSA) is 92.9 Å². The van der Waals surface area contributed by atoms with Crippen LogP contribution in [0.25, 0.3) is 0 Å². The van der Waals surface area contributed by atoms with Gasteiger partial charge in [-0.15, -0.1) is 0 Å². The second-order valence-electron chi connectivity index (χ2n) is 5.00. The Labute approximate surface area is 146 Å². The number of rotatable bonds is 2. The molecule has 3 rings (SSSR count). The number of carbonyl (C=O) groups excluding carboxylic acids is 1. The quantitative estimate of drug-likeness (QED) is 0.644. The van der Waals surface area contributed by atoms with Gasteiger partial charge in [0.25, 0.3) is 11.6 Å². The molecule has 0 atom stereocenters. The summed E-state index contributed by atoms with van der Waals surface area (Å²) in [7, 11) is 0. The molecule has 0 unspecified atom stereocenters. The monoisotopic (exact) mass is 368 g/mol. The van der Waals surface area contributed by atoms with Crippen molar-refractivity contribution in [1.82, 2.24) is 0 Å². The highest BCUT2D eigenvalue weighted by Crippen LogP contribution is 2.37. The number of fused-ring (bicyclic) bond motifs is 1. The minimum absolute atomic E-state index is 0.0389. The van der Waals surface area contributed by atoms with Crippen molar-refractivity contribution >= 4 is 40.5 Å². The predicted molar refractivity (Wildman–Crippen MR) is 88.4 cm³/mol. The Morgan fingerprint density at radius 2 is 1.92 bits per heavy atom. The van der Waals surface area contributed by atoms with Crippen molar-refractivity contribution in [2.45, 2.75) is 0 Å². The fourth-order valence-corrected chi connectivity index (χ4v) is 2.87. The van der Waals surface area contributed by atoms with Gasteiger partial charge in [-0.2, -0.15) is 0 Å². The van der Waals surface area contributed by atoms with Crippen molar-refractivity contribution in [3.63, 3.8) is 0 Å². The molecule has 2 aromatic rings. The molecular formula is C15H10Cl2N2O5. The lowest BCUT2D eigenvalue weighted by Crippen LogP contribution is -2.38. The maximum Gasteiger partial charge on any atom is 0.273 e. The van der Waals surface area contributed by atoms with Gasteiger partial charge in [-0.1, -0.05) is 23.2 Å².